The fourth-order valence-corrected chi connectivity index (χ4v) is 2.97. The molecule has 0 heterocycles. The maximum absolute atomic E-state index is 13.7. The third kappa shape index (κ3) is 3.54. The Bertz CT molecular complexity index is 791. The molecule has 1 N–H and O–H groups in total. The molecule has 0 aliphatic rings. The molecule has 118 valence electrons. The second kappa shape index (κ2) is 6.31. The van der Waals surface area contributed by atoms with Crippen molar-refractivity contribution in [3.8, 4) is 5.75 Å². The predicted molar refractivity (Wildman–Crippen MR) is 79.5 cm³/mol. The molecule has 0 spiro atoms. The van der Waals surface area contributed by atoms with Crippen LogP contribution in [0, 0.1) is 18.6 Å². The van der Waals surface area contributed by atoms with Gasteiger partial charge in [0.2, 0.25) is 0 Å². The largest absolute Gasteiger partial charge is 0.491 e. The summed E-state index contributed by atoms with van der Waals surface area (Å²) in [7, 11) is -3.92. The molecule has 0 radical (unpaired) electrons. The molecular formula is C15H15F2NO3S. The van der Waals surface area contributed by atoms with Gasteiger partial charge in [0.15, 0.2) is 11.6 Å². The summed E-state index contributed by atoms with van der Waals surface area (Å²) in [4.78, 5) is -0.0966. The average Bonchev–Trinajstić information content (AvgIpc) is 2.44. The van der Waals surface area contributed by atoms with Crippen LogP contribution in [-0.2, 0) is 10.0 Å². The van der Waals surface area contributed by atoms with E-state index in [1.807, 2.05) is 0 Å². The number of aryl methyl sites for hydroxylation is 1. The van der Waals surface area contributed by atoms with Gasteiger partial charge in [-0.25, -0.2) is 17.2 Å². The van der Waals surface area contributed by atoms with Crippen LogP contribution in [0.4, 0.5) is 14.5 Å². The molecule has 4 nitrogen and oxygen atoms in total. The number of hydrogen-bond acceptors (Lipinski definition) is 3. The van der Waals surface area contributed by atoms with E-state index in [1.165, 1.54) is 25.1 Å². The summed E-state index contributed by atoms with van der Waals surface area (Å²) < 4.78 is 58.6. The first-order valence-corrected chi connectivity index (χ1v) is 8.03. The summed E-state index contributed by atoms with van der Waals surface area (Å²) >= 11 is 0. The number of hydrogen-bond donors (Lipinski definition) is 1. The van der Waals surface area contributed by atoms with Crippen molar-refractivity contribution in [1.82, 2.24) is 0 Å². The molecular weight excluding hydrogens is 312 g/mol. The van der Waals surface area contributed by atoms with Gasteiger partial charge < -0.3 is 4.74 Å². The molecule has 0 unspecified atom stereocenters. The van der Waals surface area contributed by atoms with Crippen molar-refractivity contribution in [2.24, 2.45) is 0 Å². The zero-order valence-corrected chi connectivity index (χ0v) is 12.9. The lowest BCUT2D eigenvalue weighted by atomic mass is 10.2. The first-order valence-electron chi connectivity index (χ1n) is 6.55. The number of anilines is 1. The Morgan fingerprint density at radius 1 is 1.09 bits per heavy atom. The molecule has 0 fully saturated rings. The third-order valence-corrected chi connectivity index (χ3v) is 4.30. The van der Waals surface area contributed by atoms with E-state index in [4.69, 9.17) is 4.74 Å². The molecule has 0 saturated carbocycles. The van der Waals surface area contributed by atoms with E-state index < -0.39 is 21.7 Å². The van der Waals surface area contributed by atoms with Gasteiger partial charge in [-0.3, -0.25) is 4.72 Å². The van der Waals surface area contributed by atoms with Crippen molar-refractivity contribution < 1.29 is 21.9 Å². The minimum absolute atomic E-state index is 0.0445. The van der Waals surface area contributed by atoms with Crippen molar-refractivity contribution in [3.63, 3.8) is 0 Å². The summed E-state index contributed by atoms with van der Waals surface area (Å²) in [6.07, 6.45) is 0. The van der Waals surface area contributed by atoms with E-state index in [0.717, 1.165) is 18.2 Å². The number of benzene rings is 2. The van der Waals surface area contributed by atoms with Crippen LogP contribution in [0.2, 0.25) is 0 Å². The van der Waals surface area contributed by atoms with Crippen LogP contribution in [0.25, 0.3) is 0 Å². The van der Waals surface area contributed by atoms with Crippen molar-refractivity contribution in [1.29, 1.82) is 0 Å². The minimum atomic E-state index is -3.92. The quantitative estimate of drug-likeness (QED) is 0.915. The van der Waals surface area contributed by atoms with Crippen LogP contribution < -0.4 is 9.46 Å². The summed E-state index contributed by atoms with van der Waals surface area (Å²) in [5.74, 6) is -1.12. The number of ether oxygens (including phenoxy) is 1. The van der Waals surface area contributed by atoms with Crippen LogP contribution in [0.15, 0.2) is 41.3 Å². The minimum Gasteiger partial charge on any atom is -0.491 e. The van der Waals surface area contributed by atoms with Gasteiger partial charge in [-0.2, -0.15) is 0 Å². The second-order valence-corrected chi connectivity index (χ2v) is 6.28. The van der Waals surface area contributed by atoms with Gasteiger partial charge in [-0.05, 0) is 49.7 Å². The van der Waals surface area contributed by atoms with E-state index in [-0.39, 0.29) is 21.9 Å². The molecule has 0 atom stereocenters. The molecule has 0 amide bonds. The maximum atomic E-state index is 13.7. The Morgan fingerprint density at radius 3 is 2.41 bits per heavy atom. The van der Waals surface area contributed by atoms with E-state index in [9.17, 15) is 17.2 Å². The Morgan fingerprint density at radius 2 is 1.82 bits per heavy atom. The highest BCUT2D eigenvalue weighted by Gasteiger charge is 2.16. The number of sulfonamides is 1. The monoisotopic (exact) mass is 327 g/mol. The van der Waals surface area contributed by atoms with E-state index >= 15 is 0 Å². The van der Waals surface area contributed by atoms with E-state index in [2.05, 4.69) is 4.72 Å². The number of halogens is 2. The lowest BCUT2D eigenvalue weighted by Gasteiger charge is -2.10. The highest BCUT2D eigenvalue weighted by Crippen LogP contribution is 2.24. The van der Waals surface area contributed by atoms with Crippen molar-refractivity contribution in [3.05, 3.63) is 53.6 Å². The van der Waals surface area contributed by atoms with Crippen molar-refractivity contribution in [2.75, 3.05) is 11.3 Å². The average molecular weight is 327 g/mol. The molecule has 0 bridgehead atoms. The summed E-state index contributed by atoms with van der Waals surface area (Å²) in [6, 6.07) is 7.19. The predicted octanol–water partition coefficient (Wildman–Crippen LogP) is 3.47. The smallest absolute Gasteiger partial charge is 0.261 e. The highest BCUT2D eigenvalue weighted by atomic mass is 32.2. The molecule has 0 aromatic heterocycles. The van der Waals surface area contributed by atoms with Gasteiger partial charge in [0.1, 0.15) is 5.82 Å². The summed E-state index contributed by atoms with van der Waals surface area (Å²) in [6.45, 7) is 3.48. The Balaban J connectivity index is 2.28. The van der Waals surface area contributed by atoms with Crippen LogP contribution >= 0.6 is 0 Å². The van der Waals surface area contributed by atoms with Crippen molar-refractivity contribution in [2.45, 2.75) is 18.7 Å². The van der Waals surface area contributed by atoms with Gasteiger partial charge >= 0.3 is 0 Å². The first kappa shape index (κ1) is 16.2. The fourth-order valence-electron chi connectivity index (χ4n) is 1.84. The van der Waals surface area contributed by atoms with Gasteiger partial charge in [-0.1, -0.05) is 0 Å². The fraction of sp³-hybridized carbons (Fsp3) is 0.200. The molecule has 2 aromatic carbocycles. The normalized spacial score (nSPS) is 11.3. The summed E-state index contributed by atoms with van der Waals surface area (Å²) in [5, 5.41) is 0. The zero-order valence-electron chi connectivity index (χ0n) is 12.1. The van der Waals surface area contributed by atoms with Gasteiger partial charge in [0.25, 0.3) is 10.0 Å². The molecule has 0 aliphatic carbocycles. The SMILES string of the molecule is CCOc1ccc(NS(=O)(=O)c2ccc(F)c(C)c2)cc1F. The van der Waals surface area contributed by atoms with Crippen LogP contribution in [0.1, 0.15) is 12.5 Å². The number of nitrogens with one attached hydrogen (secondary N) is 1. The van der Waals surface area contributed by atoms with Crippen LogP contribution in [-0.4, -0.2) is 15.0 Å². The van der Waals surface area contributed by atoms with Crippen LogP contribution in [0.5, 0.6) is 5.75 Å². The van der Waals surface area contributed by atoms with Crippen LogP contribution in [0.3, 0.4) is 0 Å². The third-order valence-electron chi connectivity index (χ3n) is 2.92. The van der Waals surface area contributed by atoms with Gasteiger partial charge in [0, 0.05) is 6.07 Å². The standard InChI is InChI=1S/C15H15F2NO3S/c1-3-21-15-7-4-11(9-14(15)17)18-22(19,20)12-5-6-13(16)10(2)8-12/h4-9,18H,3H2,1-2H3. The Labute approximate surface area is 127 Å². The zero-order chi connectivity index (χ0) is 16.3. The highest BCUT2D eigenvalue weighted by molar-refractivity contribution is 7.92. The lowest BCUT2D eigenvalue weighted by molar-refractivity contribution is 0.321. The van der Waals surface area contributed by atoms with Gasteiger partial charge in [0.05, 0.1) is 17.2 Å². The summed E-state index contributed by atoms with van der Waals surface area (Å²) in [5.41, 5.74) is 0.267. The Kier molecular flexibility index (Phi) is 4.65. The molecule has 0 saturated heterocycles. The molecule has 0 aliphatic heterocycles. The Hall–Kier alpha value is -2.15. The maximum Gasteiger partial charge on any atom is 0.261 e. The molecule has 2 aromatic rings. The lowest BCUT2D eigenvalue weighted by Crippen LogP contribution is -2.13. The molecule has 2 rings (SSSR count). The first-order chi connectivity index (χ1) is 10.3. The molecule has 7 heteroatoms. The second-order valence-electron chi connectivity index (χ2n) is 4.59. The molecule has 22 heavy (non-hydrogen) atoms. The number of rotatable bonds is 5. The van der Waals surface area contributed by atoms with E-state index in [1.54, 1.807) is 6.92 Å². The van der Waals surface area contributed by atoms with Gasteiger partial charge in [-0.15, -0.1) is 0 Å². The topological polar surface area (TPSA) is 55.4 Å². The van der Waals surface area contributed by atoms with Crippen molar-refractivity contribution >= 4 is 15.7 Å². The van der Waals surface area contributed by atoms with E-state index in [0.29, 0.717) is 6.61 Å².